The molecule has 0 N–H and O–H groups in total. The highest BCUT2D eigenvalue weighted by atomic mass is 32.2. The zero-order valence-corrected chi connectivity index (χ0v) is 11.8. The van der Waals surface area contributed by atoms with Crippen molar-refractivity contribution in [2.45, 2.75) is 46.1 Å². The van der Waals surface area contributed by atoms with E-state index in [1.807, 2.05) is 6.26 Å². The molecule has 3 heteroatoms. The van der Waals surface area contributed by atoms with Crippen LogP contribution in [0.5, 0.6) is 0 Å². The molecule has 0 aliphatic heterocycles. The Morgan fingerprint density at radius 2 is 2.07 bits per heavy atom. The summed E-state index contributed by atoms with van der Waals surface area (Å²) in [7, 11) is 0. The van der Waals surface area contributed by atoms with E-state index in [0.29, 0.717) is 22.3 Å². The molecule has 0 aromatic carbocycles. The molecular formula is C12H22OS2. The van der Waals surface area contributed by atoms with Crippen LogP contribution in [0.3, 0.4) is 0 Å². The second kappa shape index (κ2) is 6.09. The Morgan fingerprint density at radius 1 is 1.40 bits per heavy atom. The van der Waals surface area contributed by atoms with Gasteiger partial charge in [-0.3, -0.25) is 0 Å². The highest BCUT2D eigenvalue weighted by molar-refractivity contribution is 8.22. The van der Waals surface area contributed by atoms with Gasteiger partial charge in [0.05, 0.1) is 0 Å². The summed E-state index contributed by atoms with van der Waals surface area (Å²) in [4.78, 5) is 0. The van der Waals surface area contributed by atoms with Gasteiger partial charge >= 0.3 is 0 Å². The SMILES string of the molecule is CSC(=S)O[C@H]1C[C@@H](C)CC[C@@H]1C(C)C. The Bertz CT molecular complexity index is 216. The van der Waals surface area contributed by atoms with Gasteiger partial charge in [0, 0.05) is 0 Å². The lowest BCUT2D eigenvalue weighted by Gasteiger charge is -2.37. The van der Waals surface area contributed by atoms with E-state index >= 15 is 0 Å². The molecule has 0 amide bonds. The van der Waals surface area contributed by atoms with Crippen LogP contribution in [0.2, 0.25) is 0 Å². The molecule has 1 nitrogen and oxygen atoms in total. The van der Waals surface area contributed by atoms with Gasteiger partial charge in [-0.05, 0) is 49.1 Å². The topological polar surface area (TPSA) is 9.23 Å². The molecule has 1 saturated carbocycles. The smallest absolute Gasteiger partial charge is 0.219 e. The highest BCUT2D eigenvalue weighted by Gasteiger charge is 2.32. The van der Waals surface area contributed by atoms with Crippen LogP contribution in [-0.4, -0.2) is 16.7 Å². The summed E-state index contributed by atoms with van der Waals surface area (Å²) in [5.74, 6) is 2.17. The van der Waals surface area contributed by atoms with Crippen molar-refractivity contribution in [3.8, 4) is 0 Å². The van der Waals surface area contributed by atoms with E-state index in [0.717, 1.165) is 5.92 Å². The molecule has 1 aliphatic carbocycles. The molecule has 1 aliphatic rings. The van der Waals surface area contributed by atoms with Gasteiger partial charge in [0.1, 0.15) is 6.10 Å². The van der Waals surface area contributed by atoms with Gasteiger partial charge in [-0.25, -0.2) is 0 Å². The van der Waals surface area contributed by atoms with Gasteiger partial charge < -0.3 is 4.74 Å². The Morgan fingerprint density at radius 3 is 2.60 bits per heavy atom. The van der Waals surface area contributed by atoms with E-state index in [9.17, 15) is 0 Å². The minimum absolute atomic E-state index is 0.355. The number of ether oxygens (including phenoxy) is 1. The van der Waals surface area contributed by atoms with Crippen LogP contribution in [0.25, 0.3) is 0 Å². The largest absolute Gasteiger partial charge is 0.475 e. The molecule has 1 rings (SSSR count). The van der Waals surface area contributed by atoms with Crippen molar-refractivity contribution in [1.29, 1.82) is 0 Å². The summed E-state index contributed by atoms with van der Waals surface area (Å²) in [6.07, 6.45) is 6.14. The maximum atomic E-state index is 5.88. The van der Waals surface area contributed by atoms with Gasteiger partial charge in [0.2, 0.25) is 4.38 Å². The van der Waals surface area contributed by atoms with Gasteiger partial charge in [-0.1, -0.05) is 39.0 Å². The van der Waals surface area contributed by atoms with Crippen molar-refractivity contribution in [3.63, 3.8) is 0 Å². The summed E-state index contributed by atoms with van der Waals surface area (Å²) in [5.41, 5.74) is 0. The highest BCUT2D eigenvalue weighted by Crippen LogP contribution is 2.35. The second-order valence-electron chi connectivity index (χ2n) is 4.94. The Labute approximate surface area is 103 Å². The van der Waals surface area contributed by atoms with Gasteiger partial charge in [-0.2, -0.15) is 0 Å². The van der Waals surface area contributed by atoms with E-state index in [4.69, 9.17) is 17.0 Å². The number of hydrogen-bond donors (Lipinski definition) is 0. The third-order valence-electron chi connectivity index (χ3n) is 3.38. The fourth-order valence-electron chi connectivity index (χ4n) is 2.42. The average Bonchev–Trinajstić information content (AvgIpc) is 2.17. The third-order valence-corrected chi connectivity index (χ3v) is 4.40. The Balaban J connectivity index is 2.57. The van der Waals surface area contributed by atoms with Crippen molar-refractivity contribution in [2.24, 2.45) is 17.8 Å². The fraction of sp³-hybridized carbons (Fsp3) is 0.917. The zero-order valence-electron chi connectivity index (χ0n) is 10.2. The maximum Gasteiger partial charge on any atom is 0.219 e. The maximum absolute atomic E-state index is 5.88. The predicted molar refractivity (Wildman–Crippen MR) is 72.3 cm³/mol. The van der Waals surface area contributed by atoms with E-state index in [1.54, 1.807) is 11.8 Å². The molecular weight excluding hydrogens is 224 g/mol. The minimum Gasteiger partial charge on any atom is -0.475 e. The summed E-state index contributed by atoms with van der Waals surface area (Å²) in [6.45, 7) is 6.90. The van der Waals surface area contributed by atoms with Crippen molar-refractivity contribution >= 4 is 28.4 Å². The molecule has 0 heterocycles. The summed E-state index contributed by atoms with van der Waals surface area (Å²) in [6, 6.07) is 0. The van der Waals surface area contributed by atoms with Crippen molar-refractivity contribution in [3.05, 3.63) is 0 Å². The lowest BCUT2D eigenvalue weighted by atomic mass is 9.75. The van der Waals surface area contributed by atoms with Gasteiger partial charge in [0.15, 0.2) is 0 Å². The third kappa shape index (κ3) is 3.95. The minimum atomic E-state index is 0.355. The first kappa shape index (κ1) is 13.3. The second-order valence-corrected chi connectivity index (χ2v) is 6.34. The van der Waals surface area contributed by atoms with Crippen LogP contribution < -0.4 is 0 Å². The van der Waals surface area contributed by atoms with Gasteiger partial charge in [-0.15, -0.1) is 0 Å². The molecule has 3 atom stereocenters. The molecule has 0 spiro atoms. The van der Waals surface area contributed by atoms with E-state index in [2.05, 4.69) is 20.8 Å². The van der Waals surface area contributed by atoms with E-state index in [1.165, 1.54) is 19.3 Å². The van der Waals surface area contributed by atoms with Crippen LogP contribution in [0.4, 0.5) is 0 Å². The number of thiocarbonyl (C=S) groups is 1. The molecule has 0 aromatic rings. The quantitative estimate of drug-likeness (QED) is 0.679. The number of thioether (sulfide) groups is 1. The fourth-order valence-corrected chi connectivity index (χ4v) is 2.77. The first-order chi connectivity index (χ1) is 7.04. The molecule has 88 valence electrons. The van der Waals surface area contributed by atoms with E-state index < -0.39 is 0 Å². The molecule has 0 saturated heterocycles. The van der Waals surface area contributed by atoms with Crippen molar-refractivity contribution in [2.75, 3.05) is 6.26 Å². The molecule has 0 aromatic heterocycles. The normalized spacial score (nSPS) is 31.7. The molecule has 15 heavy (non-hydrogen) atoms. The molecule has 0 bridgehead atoms. The average molecular weight is 246 g/mol. The van der Waals surface area contributed by atoms with Crippen LogP contribution in [0.1, 0.15) is 40.0 Å². The molecule has 0 unspecified atom stereocenters. The predicted octanol–water partition coefficient (Wildman–Crippen LogP) is 4.11. The van der Waals surface area contributed by atoms with Crippen LogP contribution in [0, 0.1) is 17.8 Å². The van der Waals surface area contributed by atoms with Crippen molar-refractivity contribution in [1.82, 2.24) is 0 Å². The van der Waals surface area contributed by atoms with Crippen LogP contribution in [0.15, 0.2) is 0 Å². The summed E-state index contributed by atoms with van der Waals surface area (Å²) in [5, 5.41) is 0. The Kier molecular flexibility index (Phi) is 5.41. The standard InChI is InChI=1S/C12H22OS2/c1-8(2)10-6-5-9(3)7-11(10)13-12(14)15-4/h8-11H,5-7H2,1-4H3/t9-,10+,11-/m0/s1. The van der Waals surface area contributed by atoms with Crippen LogP contribution in [-0.2, 0) is 4.74 Å². The lowest BCUT2D eigenvalue weighted by molar-refractivity contribution is 0.0428. The van der Waals surface area contributed by atoms with E-state index in [-0.39, 0.29) is 0 Å². The van der Waals surface area contributed by atoms with Crippen LogP contribution >= 0.6 is 24.0 Å². The number of rotatable bonds is 2. The first-order valence-corrected chi connectivity index (χ1v) is 7.42. The monoisotopic (exact) mass is 246 g/mol. The number of hydrogen-bond acceptors (Lipinski definition) is 3. The Hall–Kier alpha value is 0.240. The summed E-state index contributed by atoms with van der Waals surface area (Å²) >= 11 is 6.70. The van der Waals surface area contributed by atoms with Crippen molar-refractivity contribution < 1.29 is 4.74 Å². The molecule has 0 radical (unpaired) electrons. The zero-order chi connectivity index (χ0) is 11.4. The first-order valence-electron chi connectivity index (χ1n) is 5.79. The lowest BCUT2D eigenvalue weighted by Crippen LogP contribution is -2.35. The molecule has 1 fully saturated rings. The summed E-state index contributed by atoms with van der Waals surface area (Å²) < 4.78 is 6.59. The van der Waals surface area contributed by atoms with Gasteiger partial charge in [0.25, 0.3) is 0 Å².